The van der Waals surface area contributed by atoms with Crippen molar-refractivity contribution in [2.75, 3.05) is 39.8 Å². The van der Waals surface area contributed by atoms with Gasteiger partial charge >= 0.3 is 0 Å². The van der Waals surface area contributed by atoms with Crippen molar-refractivity contribution in [3.05, 3.63) is 11.8 Å². The van der Waals surface area contributed by atoms with Gasteiger partial charge in [0.05, 0.1) is 31.3 Å². The fourth-order valence-corrected chi connectivity index (χ4v) is 6.51. The van der Waals surface area contributed by atoms with Crippen LogP contribution in [0.25, 0.3) is 0 Å². The van der Waals surface area contributed by atoms with Crippen LogP contribution in [-0.4, -0.2) is 132 Å². The molecular weight excluding hydrogens is 536 g/mol. The number of nitrogens with one attached hydrogen (secondary N) is 4. The second-order valence-electron chi connectivity index (χ2n) is 12.8. The molecule has 5 aliphatic rings. The fourth-order valence-electron chi connectivity index (χ4n) is 6.51. The largest absolute Gasteiger partial charge is 0.492 e. The van der Waals surface area contributed by atoms with Crippen molar-refractivity contribution in [1.82, 2.24) is 21.3 Å². The van der Waals surface area contributed by atoms with Crippen LogP contribution in [-0.2, 0) is 19.0 Å². The molecule has 0 spiro atoms. The molecule has 5 rings (SSSR count). The number of hydrogen-bond donors (Lipinski definition) is 10. The summed E-state index contributed by atoms with van der Waals surface area (Å²) in [6.07, 6.45) is -0.293. The third-order valence-corrected chi connectivity index (χ3v) is 9.29. The van der Waals surface area contributed by atoms with E-state index >= 15 is 0 Å². The highest BCUT2D eigenvalue weighted by molar-refractivity contribution is 5.87. The SMILES string of the molecule is CN[C@@H]1[C@@H](O)[C@@H](O[C@H]2[C@H](NC(=O)C3(O)CNC3)C[C@H](N)C([C@H]3OC(CNCC4CC4)=CC[C@H]3N)[C@@H]2O)OC[C@]1(C)O. The second-order valence-corrected chi connectivity index (χ2v) is 12.8. The van der Waals surface area contributed by atoms with Gasteiger partial charge in [-0.2, -0.15) is 0 Å². The Kier molecular flexibility index (Phi) is 9.29. The molecule has 4 fully saturated rings. The Balaban J connectivity index is 1.34. The molecule has 0 bridgehead atoms. The highest BCUT2D eigenvalue weighted by Gasteiger charge is 2.54. The summed E-state index contributed by atoms with van der Waals surface area (Å²) in [5, 5.41) is 56.1. The first-order chi connectivity index (χ1) is 19.4. The standard InChI is InChI=1S/C27H48N6O8/c1-26(37)12-39-24(20(35)23(26)30-2)41-22-17(33-25(36)27(38)10-32-11-27)7-16(29)18(19(22)34)21-15(28)6-5-14(40-21)9-31-8-13-3-4-13/h5,13,15-24,30-32,34-35,37-38H,3-4,6-12,28-29H2,1-2H3,(H,33,36)/t15-,16+,17-,18?,19+,20-,21+,22+,23-,24-,26+/m1/s1. The van der Waals surface area contributed by atoms with Crippen LogP contribution in [0, 0.1) is 11.8 Å². The second kappa shape index (κ2) is 12.3. The number of carbonyl (C=O) groups excluding carboxylic acids is 1. The molecule has 0 aromatic carbocycles. The van der Waals surface area contributed by atoms with Crippen LogP contribution in [0.2, 0.25) is 0 Å². The summed E-state index contributed by atoms with van der Waals surface area (Å²) in [5.41, 5.74) is 10.2. The zero-order chi connectivity index (χ0) is 29.5. The zero-order valence-corrected chi connectivity index (χ0v) is 23.9. The van der Waals surface area contributed by atoms with E-state index in [2.05, 4.69) is 21.3 Å². The number of β-amino-alcohol motifs (C(OH)–C–C–N with tert-alkyl or cyclic N) is 1. The Hall–Kier alpha value is -1.43. The number of hydrogen-bond acceptors (Lipinski definition) is 13. The van der Waals surface area contributed by atoms with Crippen LogP contribution in [0.4, 0.5) is 0 Å². The van der Waals surface area contributed by atoms with Crippen LogP contribution >= 0.6 is 0 Å². The quantitative estimate of drug-likeness (QED) is 0.118. The first kappa shape index (κ1) is 31.0. The molecule has 11 atom stereocenters. The maximum absolute atomic E-state index is 13.0. The van der Waals surface area contributed by atoms with Crippen molar-refractivity contribution in [3.8, 4) is 0 Å². The van der Waals surface area contributed by atoms with Crippen molar-refractivity contribution < 1.29 is 39.4 Å². The molecule has 3 heterocycles. The molecule has 2 saturated heterocycles. The lowest BCUT2D eigenvalue weighted by Gasteiger charge is -2.51. The molecule has 0 aromatic heterocycles. The average Bonchev–Trinajstić information content (AvgIpc) is 3.72. The molecule has 3 aliphatic heterocycles. The minimum absolute atomic E-state index is 0.104. The fraction of sp³-hybridized carbons (Fsp3) is 0.889. The van der Waals surface area contributed by atoms with Gasteiger partial charge in [-0.3, -0.25) is 4.79 Å². The monoisotopic (exact) mass is 584 g/mol. The Labute approximate surface area is 240 Å². The van der Waals surface area contributed by atoms with E-state index < -0.39 is 77.9 Å². The Morgan fingerprint density at radius 1 is 1.20 bits per heavy atom. The van der Waals surface area contributed by atoms with Gasteiger partial charge in [-0.15, -0.1) is 0 Å². The van der Waals surface area contributed by atoms with Gasteiger partial charge in [0, 0.05) is 31.1 Å². The lowest BCUT2D eigenvalue weighted by atomic mass is 9.72. The van der Waals surface area contributed by atoms with Crippen molar-refractivity contribution in [2.24, 2.45) is 23.3 Å². The molecular formula is C27H48N6O8. The van der Waals surface area contributed by atoms with E-state index in [4.69, 9.17) is 25.7 Å². The van der Waals surface area contributed by atoms with E-state index in [1.54, 1.807) is 14.0 Å². The molecule has 12 N–H and O–H groups in total. The molecule has 14 nitrogen and oxygen atoms in total. The average molecular weight is 585 g/mol. The van der Waals surface area contributed by atoms with Gasteiger partial charge in [0.25, 0.3) is 5.91 Å². The minimum atomic E-state index is -1.57. The summed E-state index contributed by atoms with van der Waals surface area (Å²) >= 11 is 0. The molecule has 2 saturated carbocycles. The van der Waals surface area contributed by atoms with E-state index in [0.717, 1.165) is 12.3 Å². The van der Waals surface area contributed by atoms with Crippen LogP contribution in [0.3, 0.4) is 0 Å². The summed E-state index contributed by atoms with van der Waals surface area (Å²) in [5.74, 6) is 0.196. The maximum atomic E-state index is 13.0. The number of ether oxygens (including phenoxy) is 3. The summed E-state index contributed by atoms with van der Waals surface area (Å²) in [4.78, 5) is 13.0. The summed E-state index contributed by atoms with van der Waals surface area (Å²) in [7, 11) is 1.61. The lowest BCUT2D eigenvalue weighted by Crippen LogP contribution is -2.72. The number of rotatable bonds is 10. The van der Waals surface area contributed by atoms with Crippen molar-refractivity contribution in [3.63, 3.8) is 0 Å². The molecule has 41 heavy (non-hydrogen) atoms. The topological polar surface area (TPSA) is 226 Å². The molecule has 234 valence electrons. The minimum Gasteiger partial charge on any atom is -0.492 e. The van der Waals surface area contributed by atoms with Crippen LogP contribution in [0.15, 0.2) is 11.8 Å². The van der Waals surface area contributed by atoms with Gasteiger partial charge in [-0.1, -0.05) is 0 Å². The molecule has 14 heteroatoms. The molecule has 2 aliphatic carbocycles. The Morgan fingerprint density at radius 3 is 2.56 bits per heavy atom. The first-order valence-electron chi connectivity index (χ1n) is 14.8. The van der Waals surface area contributed by atoms with Crippen LogP contribution in [0.5, 0.6) is 0 Å². The van der Waals surface area contributed by atoms with E-state index in [0.29, 0.717) is 18.9 Å². The van der Waals surface area contributed by atoms with Crippen molar-refractivity contribution >= 4 is 5.91 Å². The number of carbonyl (C=O) groups is 1. The highest BCUT2D eigenvalue weighted by atomic mass is 16.7. The zero-order valence-electron chi connectivity index (χ0n) is 23.9. The number of nitrogens with two attached hydrogens (primary N) is 2. The molecule has 1 unspecified atom stereocenters. The van der Waals surface area contributed by atoms with Gasteiger partial charge in [-0.25, -0.2) is 0 Å². The molecule has 1 amide bonds. The van der Waals surface area contributed by atoms with Gasteiger partial charge in [0.2, 0.25) is 0 Å². The summed E-state index contributed by atoms with van der Waals surface area (Å²) in [6.45, 7) is 3.09. The summed E-state index contributed by atoms with van der Waals surface area (Å²) in [6, 6.07) is -2.64. The Morgan fingerprint density at radius 2 is 1.93 bits per heavy atom. The van der Waals surface area contributed by atoms with E-state index in [9.17, 15) is 25.2 Å². The van der Waals surface area contributed by atoms with Gasteiger partial charge in [0.15, 0.2) is 11.9 Å². The van der Waals surface area contributed by atoms with Crippen LogP contribution < -0.4 is 32.7 Å². The third-order valence-electron chi connectivity index (χ3n) is 9.29. The number of aliphatic hydroxyl groups excluding tert-OH is 2. The number of aliphatic hydroxyl groups is 4. The first-order valence-corrected chi connectivity index (χ1v) is 14.8. The van der Waals surface area contributed by atoms with Gasteiger partial charge in [0.1, 0.15) is 29.7 Å². The maximum Gasteiger partial charge on any atom is 0.254 e. The van der Waals surface area contributed by atoms with Gasteiger partial charge < -0.3 is 67.4 Å². The molecule has 0 aromatic rings. The van der Waals surface area contributed by atoms with Crippen molar-refractivity contribution in [2.45, 2.75) is 98.7 Å². The smallest absolute Gasteiger partial charge is 0.254 e. The lowest BCUT2D eigenvalue weighted by molar-refractivity contribution is -0.297. The highest BCUT2D eigenvalue weighted by Crippen LogP contribution is 2.37. The number of likely N-dealkylation sites (N-methyl/N-ethyl adjacent to an activating group) is 1. The normalized spacial score (nSPS) is 44.3. The Bertz CT molecular complexity index is 962. The third kappa shape index (κ3) is 6.58. The van der Waals surface area contributed by atoms with E-state index in [-0.39, 0.29) is 26.1 Å². The van der Waals surface area contributed by atoms with Crippen LogP contribution in [0.1, 0.15) is 32.6 Å². The van der Waals surface area contributed by atoms with E-state index in [1.807, 2.05) is 6.08 Å². The molecule has 0 radical (unpaired) electrons. The predicted octanol–water partition coefficient (Wildman–Crippen LogP) is -4.05. The summed E-state index contributed by atoms with van der Waals surface area (Å²) < 4.78 is 18.2. The van der Waals surface area contributed by atoms with Crippen molar-refractivity contribution in [1.29, 1.82) is 0 Å². The predicted molar refractivity (Wildman–Crippen MR) is 147 cm³/mol. The van der Waals surface area contributed by atoms with E-state index in [1.165, 1.54) is 12.8 Å². The number of amides is 1. The van der Waals surface area contributed by atoms with Gasteiger partial charge in [-0.05, 0) is 58.2 Å².